The SMILES string of the molecule is O=C1c2cc(Br)c3c4c(cc(Br)c(c24)C(=O)N1CCCCCCCCCCC(F)(F)C(F)(F)C(F)(F)C(F)(F)C(F)(F)C(F)(F)C(F)(F)C(F)(F)F)C(=O)N(CCCCCCCCCCC(F)(F)C(F)(F)C(F)(F)C(F)(F)C(F)(F)C(F)(F)C(F)(F)C(F)(F)F)C3=O. The Labute approximate surface area is 510 Å². The van der Waals surface area contributed by atoms with E-state index in [1.807, 2.05) is 0 Å². The van der Waals surface area contributed by atoms with Crippen molar-refractivity contribution in [2.24, 2.45) is 0 Å². The van der Waals surface area contributed by atoms with Gasteiger partial charge in [-0.25, -0.2) is 0 Å². The molecule has 0 radical (unpaired) electrons. The lowest BCUT2D eigenvalue weighted by atomic mass is 9.85. The van der Waals surface area contributed by atoms with Gasteiger partial charge >= 0.3 is 95.3 Å². The minimum absolute atomic E-state index is 0.0161. The van der Waals surface area contributed by atoms with Crippen molar-refractivity contribution in [1.82, 2.24) is 9.80 Å². The second-order valence-electron chi connectivity index (χ2n) is 21.3. The molecule has 2 aromatic rings. The number of carbonyl (C=O) groups is 4. The van der Waals surface area contributed by atoms with Crippen molar-refractivity contribution in [2.45, 2.75) is 211 Å². The third kappa shape index (κ3) is 12.9. The van der Waals surface area contributed by atoms with Crippen LogP contribution in [0.5, 0.6) is 0 Å². The summed E-state index contributed by atoms with van der Waals surface area (Å²) in [4.78, 5) is 56.9. The van der Waals surface area contributed by atoms with Gasteiger partial charge in [0.2, 0.25) is 0 Å². The van der Waals surface area contributed by atoms with Gasteiger partial charge in [-0.15, -0.1) is 0 Å². The zero-order chi connectivity index (χ0) is 71.6. The fraction of sp³-hybridized carbons (Fsp3) is 0.720. The smallest absolute Gasteiger partial charge is 0.274 e. The first-order valence-electron chi connectivity index (χ1n) is 26.3. The van der Waals surface area contributed by atoms with E-state index in [1.165, 1.54) is 12.1 Å². The van der Waals surface area contributed by atoms with Gasteiger partial charge < -0.3 is 0 Å². The lowest BCUT2D eigenvalue weighted by Crippen LogP contribution is -2.74. The van der Waals surface area contributed by atoms with Crippen LogP contribution in [-0.4, -0.2) is 142 Å². The van der Waals surface area contributed by atoms with Crippen LogP contribution < -0.4 is 0 Å². The quantitative estimate of drug-likeness (QED) is 0.0398. The molecule has 528 valence electrons. The van der Waals surface area contributed by atoms with Crippen molar-refractivity contribution in [3.63, 3.8) is 0 Å². The maximum Gasteiger partial charge on any atom is 0.460 e. The summed E-state index contributed by atoms with van der Waals surface area (Å²) in [6, 6.07) is 2.36. The molecule has 0 saturated heterocycles. The Bertz CT molecular complexity index is 2850. The zero-order valence-electron chi connectivity index (χ0n) is 45.4. The van der Waals surface area contributed by atoms with Crippen LogP contribution >= 0.6 is 31.9 Å². The molecule has 0 spiro atoms. The summed E-state index contributed by atoms with van der Waals surface area (Å²) < 4.78 is 461. The number of hydrogen-bond donors (Lipinski definition) is 0. The van der Waals surface area contributed by atoms with Crippen LogP contribution in [0.4, 0.5) is 149 Å². The highest BCUT2D eigenvalue weighted by molar-refractivity contribution is 9.10. The molecular formula is C50H42Br2F34N2O4. The van der Waals surface area contributed by atoms with E-state index < -0.39 is 157 Å². The minimum Gasteiger partial charge on any atom is -0.274 e. The Hall–Kier alpha value is -4.44. The maximum absolute atomic E-state index is 14.3. The van der Waals surface area contributed by atoms with Crippen LogP contribution in [-0.2, 0) is 0 Å². The normalized spacial score (nSPS) is 16.3. The molecule has 0 unspecified atom stereocenters. The molecule has 0 bridgehead atoms. The lowest BCUT2D eigenvalue weighted by Gasteiger charge is -2.42. The van der Waals surface area contributed by atoms with E-state index >= 15 is 0 Å². The molecule has 0 aromatic heterocycles. The summed E-state index contributed by atoms with van der Waals surface area (Å²) in [6.07, 6.45) is -23.9. The molecule has 2 aromatic carbocycles. The number of imide groups is 2. The Morgan fingerprint density at radius 2 is 0.457 bits per heavy atom. The largest absolute Gasteiger partial charge is 0.460 e. The first-order chi connectivity index (χ1) is 41.1. The van der Waals surface area contributed by atoms with Crippen molar-refractivity contribution in [1.29, 1.82) is 0 Å². The second-order valence-corrected chi connectivity index (χ2v) is 23.0. The molecule has 0 fully saturated rings. The van der Waals surface area contributed by atoms with Crippen molar-refractivity contribution >= 4 is 66.3 Å². The molecule has 0 aliphatic carbocycles. The maximum atomic E-state index is 14.3. The summed E-state index contributed by atoms with van der Waals surface area (Å²) in [7, 11) is 0. The van der Waals surface area contributed by atoms with Crippen molar-refractivity contribution in [2.75, 3.05) is 13.1 Å². The van der Waals surface area contributed by atoms with Gasteiger partial charge in [-0.05, 0) is 69.7 Å². The molecule has 6 nitrogen and oxygen atoms in total. The molecule has 4 amide bonds. The Balaban J connectivity index is 1.26. The van der Waals surface area contributed by atoms with Crippen LogP contribution in [0.3, 0.4) is 0 Å². The van der Waals surface area contributed by atoms with Crippen LogP contribution in [0.2, 0.25) is 0 Å². The molecule has 2 aliphatic heterocycles. The highest BCUT2D eigenvalue weighted by Gasteiger charge is 2.97. The van der Waals surface area contributed by atoms with Gasteiger partial charge in [-0.1, -0.05) is 77.0 Å². The Kier molecular flexibility index (Phi) is 22.8. The number of carbonyl (C=O) groups excluding carboxylic acids is 4. The van der Waals surface area contributed by atoms with Gasteiger partial charge in [0, 0.05) is 56.8 Å². The third-order valence-electron chi connectivity index (χ3n) is 15.0. The highest BCUT2D eigenvalue weighted by Crippen LogP contribution is 2.67. The first-order valence-corrected chi connectivity index (χ1v) is 27.8. The summed E-state index contributed by atoms with van der Waals surface area (Å²) in [5, 5.41) is -0.234. The standard InChI is InChI=1S/C50H42Br2F34N2O4/c51-25-22-24-28-27-23(31(89)87(33(91)29(25)27)19-15-11-7-3-1-5-9-13-17-35(53,54)37(57,58)39(61,62)41(65,66)43(69,70)45(73,74)47(77,78)49(81,82)83)21-26(52)30(28)34(92)88(32(24)90)20-16-12-8-4-2-6-10-14-18-36(55,56)38(59,60)40(63,64)42(67,68)44(71,72)46(75,76)48(79,80)50(84,85)86/h21-22H,1-20H2. The van der Waals surface area contributed by atoms with Crippen molar-refractivity contribution in [3.05, 3.63) is 43.3 Å². The Morgan fingerprint density at radius 1 is 0.261 bits per heavy atom. The molecule has 4 rings (SSSR count). The molecule has 0 saturated carbocycles. The zero-order valence-corrected chi connectivity index (χ0v) is 48.6. The highest BCUT2D eigenvalue weighted by atomic mass is 79.9. The number of alkyl halides is 34. The van der Waals surface area contributed by atoms with Gasteiger partial charge in [0.25, 0.3) is 23.6 Å². The molecule has 2 aliphatic rings. The van der Waals surface area contributed by atoms with E-state index in [0.29, 0.717) is 0 Å². The molecule has 0 N–H and O–H groups in total. The second kappa shape index (κ2) is 26.2. The molecule has 2 heterocycles. The topological polar surface area (TPSA) is 74.8 Å². The lowest BCUT2D eigenvalue weighted by molar-refractivity contribution is -0.461. The third-order valence-corrected chi connectivity index (χ3v) is 16.2. The molecule has 92 heavy (non-hydrogen) atoms. The average molecular weight is 1540 g/mol. The fourth-order valence-electron chi connectivity index (χ4n) is 9.54. The van der Waals surface area contributed by atoms with Crippen molar-refractivity contribution in [3.8, 4) is 0 Å². The number of benzene rings is 2. The van der Waals surface area contributed by atoms with Crippen LogP contribution in [0.25, 0.3) is 10.8 Å². The predicted octanol–water partition coefficient (Wildman–Crippen LogP) is 20.6. The Morgan fingerprint density at radius 3 is 0.685 bits per heavy atom. The predicted molar refractivity (Wildman–Crippen MR) is 255 cm³/mol. The summed E-state index contributed by atoms with van der Waals surface area (Å²) in [5.41, 5.74) is -0.721. The number of amides is 4. The van der Waals surface area contributed by atoms with Crippen LogP contribution in [0, 0.1) is 0 Å². The summed E-state index contributed by atoms with van der Waals surface area (Å²) in [5.74, 6) is -118. The average Bonchev–Trinajstić information content (AvgIpc) is 0.713. The number of halogens is 36. The number of unbranched alkanes of at least 4 members (excludes halogenated alkanes) is 14. The number of hydrogen-bond acceptors (Lipinski definition) is 4. The fourth-order valence-corrected chi connectivity index (χ4v) is 10.7. The van der Waals surface area contributed by atoms with Gasteiger partial charge in [0.1, 0.15) is 0 Å². The summed E-state index contributed by atoms with van der Waals surface area (Å²) >= 11 is 6.41. The van der Waals surface area contributed by atoms with E-state index in [9.17, 15) is 168 Å². The molecule has 42 heteroatoms. The van der Waals surface area contributed by atoms with E-state index in [1.54, 1.807) is 0 Å². The van der Waals surface area contributed by atoms with E-state index in [2.05, 4.69) is 31.9 Å². The van der Waals surface area contributed by atoms with Gasteiger partial charge in [-0.3, -0.25) is 29.0 Å². The van der Waals surface area contributed by atoms with E-state index in [-0.39, 0.29) is 132 Å². The molecule has 0 atom stereocenters. The van der Waals surface area contributed by atoms with Crippen LogP contribution in [0.1, 0.15) is 157 Å². The minimum atomic E-state index is -8.73. The molecular weight excluding hydrogens is 1500 g/mol. The van der Waals surface area contributed by atoms with E-state index in [4.69, 9.17) is 0 Å². The monoisotopic (exact) mass is 1540 g/mol. The number of nitrogens with zero attached hydrogens (tertiary/aromatic N) is 2. The number of rotatable bonds is 34. The van der Waals surface area contributed by atoms with E-state index in [0.717, 1.165) is 9.80 Å². The van der Waals surface area contributed by atoms with Crippen molar-refractivity contribution < 1.29 is 168 Å². The first kappa shape index (κ1) is 80.0. The van der Waals surface area contributed by atoms with Gasteiger partial charge in [-0.2, -0.15) is 149 Å². The van der Waals surface area contributed by atoms with Crippen LogP contribution in [0.15, 0.2) is 21.1 Å². The summed E-state index contributed by atoms with van der Waals surface area (Å²) in [6.45, 7) is -0.589. The van der Waals surface area contributed by atoms with Gasteiger partial charge in [0.15, 0.2) is 0 Å². The van der Waals surface area contributed by atoms with Gasteiger partial charge in [0.05, 0.1) is 11.1 Å².